The zero-order chi connectivity index (χ0) is 20.7. The molecule has 1 aliphatic heterocycles. The molecule has 2 N–H and O–H groups in total. The van der Waals surface area contributed by atoms with Gasteiger partial charge in [0.25, 0.3) is 0 Å². The maximum Gasteiger partial charge on any atom is 0.421 e. The van der Waals surface area contributed by atoms with E-state index in [2.05, 4.69) is 15.3 Å². The van der Waals surface area contributed by atoms with E-state index in [1.807, 2.05) is 12.1 Å². The SMILES string of the molecule is CC(C)=NOC1(ON=C(C)C)N=C(N)[C@@]2(C#N)[C@@H](C(=O)c3cccs3)[C@]12C#N. The van der Waals surface area contributed by atoms with Gasteiger partial charge in [-0.25, -0.2) is 0 Å². The standard InChI is InChI=1S/C18H18N6O3S/c1-10(2)23-26-18(27-24-11(3)4)17(9-20)14(13(25)12-6-5-7-28-12)16(17,8-19)15(21)22-18/h5-7,14H,1-4H3,(H2,21,22)/t14-,16-,17+/m1/s1. The highest BCUT2D eigenvalue weighted by Gasteiger charge is 2.97. The minimum atomic E-state index is -2.15. The van der Waals surface area contributed by atoms with Crippen molar-refractivity contribution in [2.45, 2.75) is 33.6 Å². The lowest BCUT2D eigenvalue weighted by atomic mass is 9.94. The zero-order valence-corrected chi connectivity index (χ0v) is 16.6. The number of nitrogens with zero attached hydrogens (tertiary/aromatic N) is 5. The van der Waals surface area contributed by atoms with Crippen molar-refractivity contribution in [3.05, 3.63) is 22.4 Å². The summed E-state index contributed by atoms with van der Waals surface area (Å²) in [6, 6.07) is 7.40. The third-order valence-corrected chi connectivity index (χ3v) is 5.54. The fourth-order valence-electron chi connectivity index (χ4n) is 3.49. The molecule has 9 nitrogen and oxygen atoms in total. The molecule has 3 rings (SSSR count). The van der Waals surface area contributed by atoms with Crippen LogP contribution in [0.25, 0.3) is 0 Å². The topological polar surface area (TPSA) is 146 Å². The number of oxime groups is 2. The highest BCUT2D eigenvalue weighted by atomic mass is 32.1. The Kier molecular flexibility index (Phi) is 4.48. The number of nitrogens with two attached hydrogens (primary N) is 1. The van der Waals surface area contributed by atoms with Gasteiger partial charge in [-0.1, -0.05) is 16.4 Å². The number of nitriles is 2. The lowest BCUT2D eigenvalue weighted by Crippen LogP contribution is -2.42. The number of hydrogen-bond acceptors (Lipinski definition) is 10. The highest BCUT2D eigenvalue weighted by molar-refractivity contribution is 7.12. The predicted octanol–water partition coefficient (Wildman–Crippen LogP) is 2.43. The fourth-order valence-corrected chi connectivity index (χ4v) is 4.18. The average Bonchev–Trinajstić information content (AvgIpc) is 2.93. The molecule has 0 bridgehead atoms. The summed E-state index contributed by atoms with van der Waals surface area (Å²) in [4.78, 5) is 28.7. The van der Waals surface area contributed by atoms with Gasteiger partial charge in [0, 0.05) is 0 Å². The number of aliphatic imine (C=N–C) groups is 1. The maximum absolute atomic E-state index is 13.1. The molecule has 1 aromatic rings. The number of Topliss-reactive ketones (excluding diaryl/α,β-unsaturated/α-hetero) is 1. The van der Waals surface area contributed by atoms with Gasteiger partial charge in [0.2, 0.25) is 5.41 Å². The summed E-state index contributed by atoms with van der Waals surface area (Å²) < 4.78 is 0. The molecule has 2 heterocycles. The molecule has 0 aromatic carbocycles. The van der Waals surface area contributed by atoms with Crippen molar-refractivity contribution in [3.63, 3.8) is 0 Å². The number of amidine groups is 1. The van der Waals surface area contributed by atoms with Crippen molar-refractivity contribution >= 4 is 34.4 Å². The molecular formula is C18H18N6O3S. The Hall–Kier alpha value is -3.24. The van der Waals surface area contributed by atoms with Gasteiger partial charge in [-0.2, -0.15) is 15.5 Å². The van der Waals surface area contributed by atoms with Gasteiger partial charge in [-0.15, -0.1) is 11.3 Å². The van der Waals surface area contributed by atoms with E-state index >= 15 is 0 Å². The van der Waals surface area contributed by atoms with Crippen LogP contribution in [-0.4, -0.2) is 29.0 Å². The van der Waals surface area contributed by atoms with Gasteiger partial charge < -0.3 is 15.4 Å². The number of thiophene rings is 1. The Labute approximate surface area is 165 Å². The average molecular weight is 398 g/mol. The van der Waals surface area contributed by atoms with Gasteiger partial charge in [-0.3, -0.25) is 4.79 Å². The molecule has 0 unspecified atom stereocenters. The Morgan fingerprint density at radius 3 is 2.25 bits per heavy atom. The van der Waals surface area contributed by atoms with Gasteiger partial charge in [-0.05, 0) is 39.1 Å². The van der Waals surface area contributed by atoms with Gasteiger partial charge >= 0.3 is 5.91 Å². The second-order valence-corrected chi connectivity index (χ2v) is 7.90. The van der Waals surface area contributed by atoms with Crippen LogP contribution < -0.4 is 5.73 Å². The van der Waals surface area contributed by atoms with Gasteiger partial charge in [0.15, 0.2) is 11.2 Å². The van der Waals surface area contributed by atoms with E-state index in [1.165, 1.54) is 11.3 Å². The summed E-state index contributed by atoms with van der Waals surface area (Å²) in [6.07, 6.45) is 0. The van der Waals surface area contributed by atoms with E-state index in [0.717, 1.165) is 0 Å². The van der Waals surface area contributed by atoms with Crippen molar-refractivity contribution in [2.24, 2.45) is 37.8 Å². The molecule has 3 atom stereocenters. The van der Waals surface area contributed by atoms with E-state index in [9.17, 15) is 15.3 Å². The van der Waals surface area contributed by atoms with Crippen LogP contribution in [0.1, 0.15) is 37.4 Å². The molecule has 1 aliphatic carbocycles. The first-order chi connectivity index (χ1) is 13.2. The lowest BCUT2D eigenvalue weighted by Gasteiger charge is -2.27. The first kappa shape index (κ1) is 19.5. The number of rotatable bonds is 6. The monoisotopic (exact) mass is 398 g/mol. The van der Waals surface area contributed by atoms with E-state index in [0.29, 0.717) is 16.3 Å². The van der Waals surface area contributed by atoms with Crippen molar-refractivity contribution in [1.29, 1.82) is 10.5 Å². The second-order valence-electron chi connectivity index (χ2n) is 6.95. The van der Waals surface area contributed by atoms with Crippen LogP contribution in [0.2, 0.25) is 0 Å². The number of carbonyl (C=O) groups is 1. The number of fused-ring (bicyclic) bond motifs is 1. The summed E-state index contributed by atoms with van der Waals surface area (Å²) in [5, 5.41) is 29.6. The van der Waals surface area contributed by atoms with E-state index < -0.39 is 28.4 Å². The Balaban J connectivity index is 2.20. The molecule has 0 spiro atoms. The first-order valence-corrected chi connectivity index (χ1v) is 9.25. The molecular weight excluding hydrogens is 380 g/mol. The normalized spacial score (nSPS) is 28.6. The predicted molar refractivity (Wildman–Crippen MR) is 102 cm³/mol. The van der Waals surface area contributed by atoms with Gasteiger partial charge in [0.1, 0.15) is 5.84 Å². The van der Waals surface area contributed by atoms with Crippen molar-refractivity contribution < 1.29 is 14.5 Å². The molecule has 0 amide bonds. The molecule has 1 saturated carbocycles. The van der Waals surface area contributed by atoms with Crippen LogP contribution in [0.5, 0.6) is 0 Å². The third-order valence-electron chi connectivity index (χ3n) is 4.66. The number of carbonyl (C=O) groups excluding carboxylic acids is 1. The summed E-state index contributed by atoms with van der Waals surface area (Å²) in [5.74, 6) is -3.87. The Morgan fingerprint density at radius 1 is 1.21 bits per heavy atom. The van der Waals surface area contributed by atoms with Crippen LogP contribution in [0.4, 0.5) is 0 Å². The highest BCUT2D eigenvalue weighted by Crippen LogP contribution is 2.78. The van der Waals surface area contributed by atoms with Crippen molar-refractivity contribution in [3.8, 4) is 12.1 Å². The lowest BCUT2D eigenvalue weighted by molar-refractivity contribution is -0.262. The summed E-state index contributed by atoms with van der Waals surface area (Å²) >= 11 is 1.21. The molecule has 1 aromatic heterocycles. The Morgan fingerprint density at radius 2 is 1.82 bits per heavy atom. The maximum atomic E-state index is 13.1. The van der Waals surface area contributed by atoms with Crippen LogP contribution in [0.3, 0.4) is 0 Å². The van der Waals surface area contributed by atoms with Crippen LogP contribution >= 0.6 is 11.3 Å². The molecule has 144 valence electrons. The smallest absolute Gasteiger partial charge is 0.386 e. The minimum absolute atomic E-state index is 0.209. The third kappa shape index (κ3) is 2.28. The van der Waals surface area contributed by atoms with E-state index in [-0.39, 0.29) is 5.84 Å². The largest absolute Gasteiger partial charge is 0.421 e. The molecule has 1 fully saturated rings. The van der Waals surface area contributed by atoms with Crippen LogP contribution in [0.15, 0.2) is 32.8 Å². The van der Waals surface area contributed by atoms with Crippen molar-refractivity contribution in [2.75, 3.05) is 0 Å². The van der Waals surface area contributed by atoms with E-state index in [4.69, 9.17) is 15.4 Å². The Bertz CT molecular complexity index is 972. The van der Waals surface area contributed by atoms with E-state index in [1.54, 1.807) is 45.2 Å². The number of hydrogen-bond donors (Lipinski definition) is 1. The minimum Gasteiger partial charge on any atom is -0.386 e. The summed E-state index contributed by atoms with van der Waals surface area (Å²) in [6.45, 7) is 6.67. The first-order valence-electron chi connectivity index (χ1n) is 8.37. The van der Waals surface area contributed by atoms with Crippen LogP contribution in [-0.2, 0) is 9.68 Å². The zero-order valence-electron chi connectivity index (χ0n) is 15.8. The molecule has 0 saturated heterocycles. The molecule has 2 aliphatic rings. The molecule has 28 heavy (non-hydrogen) atoms. The van der Waals surface area contributed by atoms with Crippen LogP contribution in [0, 0.1) is 39.4 Å². The fraction of sp³-hybridized carbons (Fsp3) is 0.444. The second kappa shape index (κ2) is 6.43. The van der Waals surface area contributed by atoms with Crippen molar-refractivity contribution in [1.82, 2.24) is 0 Å². The number of ketones is 1. The summed E-state index contributed by atoms with van der Waals surface area (Å²) in [7, 11) is 0. The molecule has 0 radical (unpaired) electrons. The molecule has 10 heteroatoms. The summed E-state index contributed by atoms with van der Waals surface area (Å²) in [5.41, 5.74) is 3.59. The quantitative estimate of drug-likeness (QED) is 0.337. The van der Waals surface area contributed by atoms with Gasteiger partial charge in [0.05, 0.1) is 34.4 Å².